The summed E-state index contributed by atoms with van der Waals surface area (Å²) in [5.74, 6) is -1.14. The number of hydrogen-bond donors (Lipinski definition) is 0. The molecule has 0 N–H and O–H groups in total. The van der Waals surface area contributed by atoms with E-state index in [1.807, 2.05) is 45.0 Å². The first kappa shape index (κ1) is 24.3. The SMILES string of the molecule is Cc1ccc(C)c2sc(N(CCCN(C)C)C(=O)CCS(=O)(=O)c3ccc(F)cc3)nc12. The van der Waals surface area contributed by atoms with Crippen molar-refractivity contribution in [2.24, 2.45) is 0 Å². The largest absolute Gasteiger partial charge is 0.309 e. The van der Waals surface area contributed by atoms with E-state index in [1.54, 1.807) is 4.90 Å². The zero-order valence-corrected chi connectivity index (χ0v) is 20.4. The molecule has 0 atom stereocenters. The van der Waals surface area contributed by atoms with Gasteiger partial charge in [0.1, 0.15) is 5.82 Å². The zero-order chi connectivity index (χ0) is 23.5. The van der Waals surface area contributed by atoms with Crippen LogP contribution in [0.25, 0.3) is 10.2 Å². The second kappa shape index (κ2) is 10.1. The van der Waals surface area contributed by atoms with Crippen LogP contribution in [0.5, 0.6) is 0 Å². The lowest BCUT2D eigenvalue weighted by atomic mass is 10.1. The quantitative estimate of drug-likeness (QED) is 0.432. The summed E-state index contributed by atoms with van der Waals surface area (Å²) in [6.07, 6.45) is 0.562. The summed E-state index contributed by atoms with van der Waals surface area (Å²) in [7, 11) is 0.229. The number of sulfone groups is 1. The lowest BCUT2D eigenvalue weighted by molar-refractivity contribution is -0.118. The number of carbonyl (C=O) groups excluding carboxylic acids is 1. The molecular formula is C23H28FN3O3S2. The van der Waals surface area contributed by atoms with E-state index in [-0.39, 0.29) is 23.0 Å². The predicted molar refractivity (Wildman–Crippen MR) is 128 cm³/mol. The Labute approximate surface area is 192 Å². The molecule has 172 valence electrons. The van der Waals surface area contributed by atoms with Crippen LogP contribution in [0.1, 0.15) is 24.0 Å². The second-order valence-corrected chi connectivity index (χ2v) is 11.2. The fourth-order valence-corrected chi connectivity index (χ4v) is 5.74. The minimum Gasteiger partial charge on any atom is -0.309 e. The van der Waals surface area contributed by atoms with Gasteiger partial charge in [0, 0.05) is 13.0 Å². The van der Waals surface area contributed by atoms with Crippen LogP contribution in [-0.2, 0) is 14.6 Å². The summed E-state index contributed by atoms with van der Waals surface area (Å²) >= 11 is 1.45. The number of anilines is 1. The van der Waals surface area contributed by atoms with Crippen LogP contribution in [-0.4, -0.2) is 57.1 Å². The maximum Gasteiger partial charge on any atom is 0.229 e. The maximum absolute atomic E-state index is 13.2. The number of nitrogens with zero attached hydrogens (tertiary/aromatic N) is 3. The molecule has 0 aliphatic rings. The van der Waals surface area contributed by atoms with Gasteiger partial charge >= 0.3 is 0 Å². The molecule has 0 unspecified atom stereocenters. The van der Waals surface area contributed by atoms with Crippen LogP contribution < -0.4 is 4.90 Å². The van der Waals surface area contributed by atoms with E-state index in [4.69, 9.17) is 4.98 Å². The standard InChI is InChI=1S/C23H28FN3O3S2/c1-16-6-7-17(2)22-21(16)25-23(31-22)27(14-5-13-26(3)4)20(28)12-15-32(29,30)19-10-8-18(24)9-11-19/h6-11H,5,12-15H2,1-4H3. The van der Waals surface area contributed by atoms with Crippen molar-refractivity contribution in [3.63, 3.8) is 0 Å². The van der Waals surface area contributed by atoms with Gasteiger partial charge in [-0.25, -0.2) is 17.8 Å². The number of amides is 1. The number of aryl methyl sites for hydroxylation is 2. The van der Waals surface area contributed by atoms with E-state index in [2.05, 4.69) is 0 Å². The molecule has 9 heteroatoms. The summed E-state index contributed by atoms with van der Waals surface area (Å²) < 4.78 is 39.4. The predicted octanol–water partition coefficient (Wildman–Crippen LogP) is 4.20. The molecule has 0 radical (unpaired) electrons. The van der Waals surface area contributed by atoms with Crippen LogP contribution in [0.3, 0.4) is 0 Å². The number of rotatable bonds is 9. The third kappa shape index (κ3) is 5.70. The first-order valence-corrected chi connectivity index (χ1v) is 12.9. The van der Waals surface area contributed by atoms with Gasteiger partial charge in [-0.3, -0.25) is 9.69 Å². The summed E-state index contributed by atoms with van der Waals surface area (Å²) in [5.41, 5.74) is 3.00. The Kier molecular flexibility index (Phi) is 7.63. The van der Waals surface area contributed by atoms with Gasteiger partial charge < -0.3 is 4.90 Å². The highest BCUT2D eigenvalue weighted by Crippen LogP contribution is 2.33. The van der Waals surface area contributed by atoms with Gasteiger partial charge in [0.2, 0.25) is 5.91 Å². The van der Waals surface area contributed by atoms with Crippen molar-refractivity contribution in [2.45, 2.75) is 31.6 Å². The van der Waals surface area contributed by atoms with Crippen molar-refractivity contribution >= 4 is 42.4 Å². The summed E-state index contributed by atoms with van der Waals surface area (Å²) in [6, 6.07) is 8.70. The Morgan fingerprint density at radius 2 is 1.69 bits per heavy atom. The van der Waals surface area contributed by atoms with E-state index < -0.39 is 15.7 Å². The Morgan fingerprint density at radius 3 is 2.31 bits per heavy atom. The molecule has 0 aliphatic heterocycles. The number of aromatic nitrogens is 1. The number of carbonyl (C=O) groups is 1. The molecular weight excluding hydrogens is 449 g/mol. The summed E-state index contributed by atoms with van der Waals surface area (Å²) in [4.78, 5) is 21.5. The van der Waals surface area contributed by atoms with Crippen LogP contribution in [0, 0.1) is 19.7 Å². The van der Waals surface area contributed by atoms with E-state index in [0.29, 0.717) is 11.7 Å². The van der Waals surface area contributed by atoms with Gasteiger partial charge in [-0.1, -0.05) is 23.5 Å². The van der Waals surface area contributed by atoms with Crippen molar-refractivity contribution in [1.82, 2.24) is 9.88 Å². The Hall–Kier alpha value is -2.36. The second-order valence-electron chi connectivity index (χ2n) is 8.10. The van der Waals surface area contributed by atoms with E-state index in [0.717, 1.165) is 46.4 Å². The normalized spacial score (nSPS) is 11.9. The van der Waals surface area contributed by atoms with Gasteiger partial charge in [0.15, 0.2) is 15.0 Å². The van der Waals surface area contributed by atoms with Crippen molar-refractivity contribution in [3.8, 4) is 0 Å². The first-order valence-electron chi connectivity index (χ1n) is 10.4. The van der Waals surface area contributed by atoms with Gasteiger partial charge in [0.05, 0.1) is 20.9 Å². The topological polar surface area (TPSA) is 70.6 Å². The van der Waals surface area contributed by atoms with Gasteiger partial charge in [0.25, 0.3) is 0 Å². The molecule has 2 aromatic carbocycles. The third-order valence-electron chi connectivity index (χ3n) is 5.21. The van der Waals surface area contributed by atoms with Gasteiger partial charge in [-0.2, -0.15) is 0 Å². The molecule has 3 aromatic rings. The molecule has 3 rings (SSSR count). The van der Waals surface area contributed by atoms with Crippen LogP contribution in [0.4, 0.5) is 9.52 Å². The Balaban J connectivity index is 1.83. The van der Waals surface area contributed by atoms with Crippen molar-refractivity contribution in [1.29, 1.82) is 0 Å². The smallest absolute Gasteiger partial charge is 0.229 e. The molecule has 0 saturated heterocycles. The van der Waals surface area contributed by atoms with Crippen LogP contribution in [0.15, 0.2) is 41.3 Å². The van der Waals surface area contributed by atoms with Crippen LogP contribution in [0.2, 0.25) is 0 Å². The number of thiazole rings is 1. The van der Waals surface area contributed by atoms with Crippen molar-refractivity contribution in [3.05, 3.63) is 53.3 Å². The summed E-state index contributed by atoms with van der Waals surface area (Å²) in [6.45, 7) is 5.24. The number of hydrogen-bond acceptors (Lipinski definition) is 6. The van der Waals surface area contributed by atoms with E-state index in [9.17, 15) is 17.6 Å². The summed E-state index contributed by atoms with van der Waals surface area (Å²) in [5, 5.41) is 0.584. The molecule has 6 nitrogen and oxygen atoms in total. The minimum absolute atomic E-state index is 0.0112. The molecule has 0 bridgehead atoms. The maximum atomic E-state index is 13.2. The van der Waals surface area contributed by atoms with Crippen molar-refractivity contribution < 1.29 is 17.6 Å². The highest BCUT2D eigenvalue weighted by Gasteiger charge is 2.24. The van der Waals surface area contributed by atoms with Crippen molar-refractivity contribution in [2.75, 3.05) is 37.8 Å². The Bertz CT molecular complexity index is 1170. The molecule has 0 aliphatic carbocycles. The lowest BCUT2D eigenvalue weighted by Crippen LogP contribution is -2.34. The van der Waals surface area contributed by atoms with E-state index >= 15 is 0 Å². The molecule has 1 aromatic heterocycles. The molecule has 1 heterocycles. The Morgan fingerprint density at radius 1 is 1.03 bits per heavy atom. The zero-order valence-electron chi connectivity index (χ0n) is 18.8. The lowest BCUT2D eigenvalue weighted by Gasteiger charge is -2.21. The average molecular weight is 478 g/mol. The monoisotopic (exact) mass is 477 g/mol. The number of fused-ring (bicyclic) bond motifs is 1. The fraction of sp³-hybridized carbons (Fsp3) is 0.391. The minimum atomic E-state index is -3.70. The first-order chi connectivity index (χ1) is 15.1. The number of benzene rings is 2. The molecule has 0 spiro atoms. The molecule has 32 heavy (non-hydrogen) atoms. The van der Waals surface area contributed by atoms with Gasteiger partial charge in [-0.15, -0.1) is 0 Å². The van der Waals surface area contributed by atoms with Gasteiger partial charge in [-0.05, 0) is 76.3 Å². The molecule has 1 amide bonds. The van der Waals surface area contributed by atoms with E-state index in [1.165, 1.54) is 23.5 Å². The fourth-order valence-electron chi connectivity index (χ4n) is 3.35. The number of halogens is 1. The third-order valence-corrected chi connectivity index (χ3v) is 8.15. The highest BCUT2D eigenvalue weighted by atomic mass is 32.2. The molecule has 0 saturated carbocycles. The average Bonchev–Trinajstić information content (AvgIpc) is 3.19. The van der Waals surface area contributed by atoms with Crippen LogP contribution >= 0.6 is 11.3 Å². The highest BCUT2D eigenvalue weighted by molar-refractivity contribution is 7.91. The molecule has 0 fully saturated rings.